The van der Waals surface area contributed by atoms with Crippen molar-refractivity contribution in [3.05, 3.63) is 0 Å². The molecular formula is C11H24N2O2S. The first-order valence-electron chi connectivity index (χ1n) is 6.17. The van der Waals surface area contributed by atoms with Gasteiger partial charge in [0.05, 0.1) is 5.75 Å². The fourth-order valence-corrected chi connectivity index (χ4v) is 4.34. The van der Waals surface area contributed by atoms with Crippen molar-refractivity contribution in [3.63, 3.8) is 0 Å². The summed E-state index contributed by atoms with van der Waals surface area (Å²) < 4.78 is 26.0. The molecule has 1 N–H and O–H groups in total. The summed E-state index contributed by atoms with van der Waals surface area (Å²) in [7, 11) is -3.08. The monoisotopic (exact) mass is 248 g/mol. The van der Waals surface area contributed by atoms with Crippen molar-refractivity contribution in [1.29, 1.82) is 0 Å². The van der Waals surface area contributed by atoms with Gasteiger partial charge >= 0.3 is 0 Å². The highest BCUT2D eigenvalue weighted by molar-refractivity contribution is 7.89. The number of nitrogens with zero attached hydrogens (tertiary/aromatic N) is 1. The predicted octanol–water partition coefficient (Wildman–Crippen LogP) is 1.05. The van der Waals surface area contributed by atoms with Crippen LogP contribution in [0, 0.1) is 5.92 Å². The van der Waals surface area contributed by atoms with Crippen LogP contribution in [0.3, 0.4) is 0 Å². The zero-order valence-corrected chi connectivity index (χ0v) is 11.4. The fourth-order valence-electron chi connectivity index (χ4n) is 2.28. The van der Waals surface area contributed by atoms with Gasteiger partial charge < -0.3 is 5.32 Å². The Bertz CT molecular complexity index is 295. The molecule has 1 atom stereocenters. The number of nitrogens with one attached hydrogen (secondary N) is 1. The molecule has 0 aromatic heterocycles. The Morgan fingerprint density at radius 3 is 2.56 bits per heavy atom. The van der Waals surface area contributed by atoms with Crippen molar-refractivity contribution >= 4 is 10.0 Å². The van der Waals surface area contributed by atoms with Crippen LogP contribution in [0.2, 0.25) is 0 Å². The van der Waals surface area contributed by atoms with E-state index in [1.807, 2.05) is 20.8 Å². The van der Waals surface area contributed by atoms with Crippen molar-refractivity contribution in [1.82, 2.24) is 9.62 Å². The van der Waals surface area contributed by atoms with E-state index >= 15 is 0 Å². The lowest BCUT2D eigenvalue weighted by Crippen LogP contribution is -2.49. The highest BCUT2D eigenvalue weighted by Gasteiger charge is 2.29. The van der Waals surface area contributed by atoms with Crippen LogP contribution in [0.15, 0.2) is 0 Å². The number of likely N-dealkylation sites (N-methyl/N-ethyl adjacent to an activating group) is 1. The number of hydrogen-bond donors (Lipinski definition) is 1. The van der Waals surface area contributed by atoms with Gasteiger partial charge in [-0.1, -0.05) is 20.8 Å². The summed E-state index contributed by atoms with van der Waals surface area (Å²) >= 11 is 0. The van der Waals surface area contributed by atoms with E-state index in [-0.39, 0.29) is 17.7 Å². The maximum Gasteiger partial charge on any atom is 0.214 e. The van der Waals surface area contributed by atoms with E-state index in [0.717, 1.165) is 25.9 Å². The molecule has 5 heteroatoms. The van der Waals surface area contributed by atoms with Gasteiger partial charge in [-0.3, -0.25) is 0 Å². The minimum Gasteiger partial charge on any atom is -0.315 e. The Balaban J connectivity index is 2.71. The molecule has 0 amide bonds. The first-order chi connectivity index (χ1) is 7.47. The molecule has 4 nitrogen and oxygen atoms in total. The van der Waals surface area contributed by atoms with Crippen LogP contribution in [-0.2, 0) is 10.0 Å². The Hall–Kier alpha value is -0.130. The minimum atomic E-state index is -3.08. The number of sulfonamides is 1. The molecule has 16 heavy (non-hydrogen) atoms. The van der Waals surface area contributed by atoms with E-state index in [2.05, 4.69) is 5.32 Å². The van der Waals surface area contributed by atoms with Gasteiger partial charge in [0.15, 0.2) is 0 Å². The lowest BCUT2D eigenvalue weighted by Gasteiger charge is -2.33. The zero-order valence-electron chi connectivity index (χ0n) is 10.6. The number of piperidine rings is 1. The van der Waals surface area contributed by atoms with E-state index in [0.29, 0.717) is 6.54 Å². The van der Waals surface area contributed by atoms with E-state index < -0.39 is 10.0 Å². The van der Waals surface area contributed by atoms with Gasteiger partial charge in [0, 0.05) is 19.1 Å². The maximum atomic E-state index is 12.2. The third-order valence-corrected chi connectivity index (χ3v) is 5.25. The largest absolute Gasteiger partial charge is 0.315 e. The van der Waals surface area contributed by atoms with Crippen LogP contribution in [0.25, 0.3) is 0 Å². The molecule has 0 aromatic rings. The smallest absolute Gasteiger partial charge is 0.214 e. The van der Waals surface area contributed by atoms with Crippen molar-refractivity contribution in [2.75, 3.05) is 25.4 Å². The molecule has 1 heterocycles. The summed E-state index contributed by atoms with van der Waals surface area (Å²) in [5, 5.41) is 3.27. The maximum absolute atomic E-state index is 12.2. The van der Waals surface area contributed by atoms with Crippen molar-refractivity contribution in [3.8, 4) is 0 Å². The van der Waals surface area contributed by atoms with Crippen molar-refractivity contribution in [2.24, 2.45) is 5.92 Å². The SMILES string of the molecule is CCN(C1CCCNC1)S(=O)(=O)CC(C)C. The average Bonchev–Trinajstić information content (AvgIpc) is 2.17. The molecule has 1 aliphatic heterocycles. The van der Waals surface area contributed by atoms with Gasteiger partial charge in [-0.05, 0) is 25.3 Å². The summed E-state index contributed by atoms with van der Waals surface area (Å²) in [4.78, 5) is 0. The quantitative estimate of drug-likeness (QED) is 0.791. The lowest BCUT2D eigenvalue weighted by atomic mass is 10.1. The molecule has 0 radical (unpaired) electrons. The van der Waals surface area contributed by atoms with Crippen LogP contribution in [0.1, 0.15) is 33.6 Å². The normalized spacial score (nSPS) is 22.9. The second-order valence-corrected chi connectivity index (χ2v) is 6.84. The summed E-state index contributed by atoms with van der Waals surface area (Å²) in [5.74, 6) is 0.452. The van der Waals surface area contributed by atoms with Gasteiger partial charge in [0.1, 0.15) is 0 Å². The summed E-state index contributed by atoms with van der Waals surface area (Å²) in [5.41, 5.74) is 0. The van der Waals surface area contributed by atoms with E-state index in [1.54, 1.807) is 4.31 Å². The third-order valence-electron chi connectivity index (χ3n) is 2.89. The molecule has 1 rings (SSSR count). The first-order valence-corrected chi connectivity index (χ1v) is 7.78. The highest BCUT2D eigenvalue weighted by atomic mass is 32.2. The fraction of sp³-hybridized carbons (Fsp3) is 1.00. The Morgan fingerprint density at radius 2 is 2.12 bits per heavy atom. The van der Waals surface area contributed by atoms with Crippen LogP contribution >= 0.6 is 0 Å². The summed E-state index contributed by atoms with van der Waals surface area (Å²) in [6.45, 7) is 8.21. The van der Waals surface area contributed by atoms with Crippen molar-refractivity contribution < 1.29 is 8.42 Å². The number of hydrogen-bond acceptors (Lipinski definition) is 3. The molecule has 0 aromatic carbocycles. The molecule has 0 saturated carbocycles. The van der Waals surface area contributed by atoms with Gasteiger partial charge in [0.25, 0.3) is 0 Å². The molecule has 0 bridgehead atoms. The Morgan fingerprint density at radius 1 is 1.44 bits per heavy atom. The molecule has 1 saturated heterocycles. The third kappa shape index (κ3) is 3.71. The van der Waals surface area contributed by atoms with Crippen molar-refractivity contribution in [2.45, 2.75) is 39.7 Å². The second kappa shape index (κ2) is 5.98. The minimum absolute atomic E-state index is 0.155. The summed E-state index contributed by atoms with van der Waals surface area (Å²) in [6.07, 6.45) is 2.05. The van der Waals surface area contributed by atoms with Gasteiger partial charge in [0.2, 0.25) is 10.0 Å². The molecule has 1 fully saturated rings. The van der Waals surface area contributed by atoms with E-state index in [1.165, 1.54) is 0 Å². The van der Waals surface area contributed by atoms with Gasteiger partial charge in [-0.15, -0.1) is 0 Å². The van der Waals surface area contributed by atoms with Gasteiger partial charge in [-0.25, -0.2) is 8.42 Å². The topological polar surface area (TPSA) is 49.4 Å². The molecule has 1 unspecified atom stereocenters. The second-order valence-electron chi connectivity index (χ2n) is 4.88. The molecule has 0 spiro atoms. The van der Waals surface area contributed by atoms with E-state index in [4.69, 9.17) is 0 Å². The first kappa shape index (κ1) is 13.9. The summed E-state index contributed by atoms with van der Waals surface area (Å²) in [6, 6.07) is 0.155. The average molecular weight is 248 g/mol. The highest BCUT2D eigenvalue weighted by Crippen LogP contribution is 2.16. The number of rotatable bonds is 5. The lowest BCUT2D eigenvalue weighted by molar-refractivity contribution is 0.273. The molecule has 96 valence electrons. The Labute approximate surface area is 99.5 Å². The standard InChI is InChI=1S/C11H24N2O2S/c1-4-13(11-6-5-7-12-8-11)16(14,15)9-10(2)3/h10-12H,4-9H2,1-3H3. The van der Waals surface area contributed by atoms with Crippen LogP contribution in [-0.4, -0.2) is 44.2 Å². The van der Waals surface area contributed by atoms with Crippen LogP contribution in [0.5, 0.6) is 0 Å². The predicted molar refractivity (Wildman–Crippen MR) is 66.9 cm³/mol. The molecule has 1 aliphatic rings. The van der Waals surface area contributed by atoms with Crippen LogP contribution < -0.4 is 5.32 Å². The molecule has 0 aliphatic carbocycles. The van der Waals surface area contributed by atoms with E-state index in [9.17, 15) is 8.42 Å². The Kier molecular flexibility index (Phi) is 5.21. The van der Waals surface area contributed by atoms with Crippen LogP contribution in [0.4, 0.5) is 0 Å². The molecular weight excluding hydrogens is 224 g/mol. The van der Waals surface area contributed by atoms with Gasteiger partial charge in [-0.2, -0.15) is 4.31 Å². The zero-order chi connectivity index (χ0) is 12.2.